The molecule has 5 heteroatoms. The molecule has 1 N–H and O–H groups in total. The molecular formula is C16H30N4O. The van der Waals surface area contributed by atoms with Gasteiger partial charge in [0.15, 0.2) is 0 Å². The van der Waals surface area contributed by atoms with Gasteiger partial charge in [-0.15, -0.1) is 5.10 Å². The van der Waals surface area contributed by atoms with Crippen LogP contribution in [0, 0.1) is 5.92 Å². The van der Waals surface area contributed by atoms with Gasteiger partial charge >= 0.3 is 6.01 Å². The van der Waals surface area contributed by atoms with E-state index in [0.717, 1.165) is 6.54 Å². The van der Waals surface area contributed by atoms with Crippen LogP contribution in [0.25, 0.3) is 0 Å². The first-order chi connectivity index (χ1) is 10.1. The summed E-state index contributed by atoms with van der Waals surface area (Å²) in [6.45, 7) is 10.4. The lowest BCUT2D eigenvalue weighted by Crippen LogP contribution is -2.35. The molecule has 1 saturated carbocycles. The predicted octanol–water partition coefficient (Wildman–Crippen LogP) is 3.36. The third-order valence-corrected chi connectivity index (χ3v) is 4.08. The number of hydrogen-bond acceptors (Lipinski definition) is 5. The molecule has 0 amide bonds. The smallest absolute Gasteiger partial charge is 0.318 e. The first-order valence-corrected chi connectivity index (χ1v) is 8.38. The average molecular weight is 294 g/mol. The van der Waals surface area contributed by atoms with Crippen LogP contribution >= 0.6 is 0 Å². The second kappa shape index (κ2) is 7.78. The van der Waals surface area contributed by atoms with E-state index in [4.69, 9.17) is 4.42 Å². The Morgan fingerprint density at radius 1 is 1.19 bits per heavy atom. The Kier molecular flexibility index (Phi) is 6.03. The standard InChI is InChI=1S/C16H30N4O/c1-12(2)9-10-20(14-7-5-6-8-14)16-19-18-15(21-16)11-17-13(3)4/h12-14,17H,5-11H2,1-4H3. The summed E-state index contributed by atoms with van der Waals surface area (Å²) in [5.74, 6) is 1.38. The quantitative estimate of drug-likeness (QED) is 0.796. The molecule has 0 unspecified atom stereocenters. The predicted molar refractivity (Wildman–Crippen MR) is 85.3 cm³/mol. The van der Waals surface area contributed by atoms with Crippen molar-refractivity contribution in [2.24, 2.45) is 5.92 Å². The molecule has 0 bridgehead atoms. The van der Waals surface area contributed by atoms with Gasteiger partial charge in [-0.25, -0.2) is 0 Å². The van der Waals surface area contributed by atoms with Crippen LogP contribution < -0.4 is 10.2 Å². The highest BCUT2D eigenvalue weighted by Gasteiger charge is 2.26. The number of nitrogens with zero attached hydrogens (tertiary/aromatic N) is 3. The molecule has 1 aromatic heterocycles. The summed E-state index contributed by atoms with van der Waals surface area (Å²) in [5.41, 5.74) is 0. The largest absolute Gasteiger partial charge is 0.407 e. The Hall–Kier alpha value is -1.10. The van der Waals surface area contributed by atoms with Crippen molar-refractivity contribution in [3.8, 4) is 0 Å². The van der Waals surface area contributed by atoms with E-state index in [1.54, 1.807) is 0 Å². The van der Waals surface area contributed by atoms with Crippen LogP contribution in [0.15, 0.2) is 4.42 Å². The lowest BCUT2D eigenvalue weighted by Gasteiger charge is -2.27. The minimum atomic E-state index is 0.423. The molecule has 0 atom stereocenters. The van der Waals surface area contributed by atoms with E-state index in [2.05, 4.69) is 48.1 Å². The molecule has 1 fully saturated rings. The molecule has 1 aliphatic carbocycles. The van der Waals surface area contributed by atoms with E-state index < -0.39 is 0 Å². The monoisotopic (exact) mass is 294 g/mol. The topological polar surface area (TPSA) is 54.2 Å². The fourth-order valence-electron chi connectivity index (χ4n) is 2.77. The van der Waals surface area contributed by atoms with Crippen molar-refractivity contribution in [2.45, 2.75) is 78.4 Å². The molecule has 0 saturated heterocycles. The lowest BCUT2D eigenvalue weighted by molar-refractivity contribution is 0.425. The number of hydrogen-bond donors (Lipinski definition) is 1. The van der Waals surface area contributed by atoms with Crippen molar-refractivity contribution in [3.63, 3.8) is 0 Å². The maximum absolute atomic E-state index is 5.88. The van der Waals surface area contributed by atoms with E-state index >= 15 is 0 Å². The van der Waals surface area contributed by atoms with Gasteiger partial charge < -0.3 is 14.6 Å². The van der Waals surface area contributed by atoms with E-state index in [9.17, 15) is 0 Å². The molecule has 1 heterocycles. The summed E-state index contributed by atoms with van der Waals surface area (Å²) >= 11 is 0. The highest BCUT2D eigenvalue weighted by molar-refractivity contribution is 5.27. The highest BCUT2D eigenvalue weighted by atomic mass is 16.4. The zero-order valence-electron chi connectivity index (χ0n) is 13.9. The van der Waals surface area contributed by atoms with Crippen LogP contribution in [0.2, 0.25) is 0 Å². The fraction of sp³-hybridized carbons (Fsp3) is 0.875. The van der Waals surface area contributed by atoms with E-state index in [1.165, 1.54) is 32.1 Å². The maximum Gasteiger partial charge on any atom is 0.318 e. The highest BCUT2D eigenvalue weighted by Crippen LogP contribution is 2.28. The van der Waals surface area contributed by atoms with Gasteiger partial charge in [0.05, 0.1) is 6.54 Å². The molecular weight excluding hydrogens is 264 g/mol. The zero-order valence-corrected chi connectivity index (χ0v) is 13.9. The molecule has 1 aliphatic rings. The first kappa shape index (κ1) is 16.3. The van der Waals surface area contributed by atoms with Crippen molar-refractivity contribution in [1.29, 1.82) is 0 Å². The lowest BCUT2D eigenvalue weighted by atomic mass is 10.1. The van der Waals surface area contributed by atoms with Crippen molar-refractivity contribution >= 4 is 6.01 Å². The van der Waals surface area contributed by atoms with Gasteiger partial charge in [0.2, 0.25) is 5.89 Å². The Balaban J connectivity index is 2.01. The van der Waals surface area contributed by atoms with Crippen LogP contribution in [0.1, 0.15) is 65.7 Å². The summed E-state index contributed by atoms with van der Waals surface area (Å²) in [4.78, 5) is 2.35. The van der Waals surface area contributed by atoms with Crippen LogP contribution in [0.4, 0.5) is 6.01 Å². The van der Waals surface area contributed by atoms with Crippen molar-refractivity contribution < 1.29 is 4.42 Å². The molecule has 21 heavy (non-hydrogen) atoms. The number of aromatic nitrogens is 2. The molecule has 1 aromatic rings. The van der Waals surface area contributed by atoms with E-state index in [0.29, 0.717) is 36.5 Å². The zero-order chi connectivity index (χ0) is 15.2. The fourth-order valence-corrected chi connectivity index (χ4v) is 2.77. The average Bonchev–Trinajstić information content (AvgIpc) is 3.08. The van der Waals surface area contributed by atoms with Crippen molar-refractivity contribution in [1.82, 2.24) is 15.5 Å². The van der Waals surface area contributed by atoms with Gasteiger partial charge in [0, 0.05) is 18.6 Å². The summed E-state index contributed by atoms with van der Waals surface area (Å²) in [6.07, 6.45) is 6.30. The van der Waals surface area contributed by atoms with Gasteiger partial charge in [-0.05, 0) is 25.2 Å². The Labute approximate surface area is 128 Å². The molecule has 0 radical (unpaired) electrons. The van der Waals surface area contributed by atoms with Gasteiger partial charge in [-0.1, -0.05) is 45.6 Å². The summed E-state index contributed by atoms with van der Waals surface area (Å²) in [5, 5.41) is 11.8. The van der Waals surface area contributed by atoms with Crippen LogP contribution in [0.5, 0.6) is 0 Å². The first-order valence-electron chi connectivity index (χ1n) is 8.38. The van der Waals surface area contributed by atoms with Gasteiger partial charge in [-0.2, -0.15) is 0 Å². The Morgan fingerprint density at radius 2 is 1.90 bits per heavy atom. The van der Waals surface area contributed by atoms with Crippen molar-refractivity contribution in [2.75, 3.05) is 11.4 Å². The van der Waals surface area contributed by atoms with Gasteiger partial charge in [0.25, 0.3) is 0 Å². The molecule has 5 nitrogen and oxygen atoms in total. The molecule has 120 valence electrons. The van der Waals surface area contributed by atoms with Crippen LogP contribution in [0.3, 0.4) is 0 Å². The SMILES string of the molecule is CC(C)CCN(c1nnc(CNC(C)C)o1)C1CCCC1. The second-order valence-corrected chi connectivity index (χ2v) is 6.83. The van der Waals surface area contributed by atoms with Crippen molar-refractivity contribution in [3.05, 3.63) is 5.89 Å². The summed E-state index contributed by atoms with van der Waals surface area (Å²) in [6, 6.07) is 1.71. The Morgan fingerprint density at radius 3 is 2.52 bits per heavy atom. The maximum atomic E-state index is 5.88. The second-order valence-electron chi connectivity index (χ2n) is 6.83. The number of nitrogens with one attached hydrogen (secondary N) is 1. The third-order valence-electron chi connectivity index (χ3n) is 4.08. The van der Waals surface area contributed by atoms with Gasteiger partial charge in [-0.3, -0.25) is 0 Å². The molecule has 2 rings (SSSR count). The van der Waals surface area contributed by atoms with E-state index in [1.807, 2.05) is 0 Å². The normalized spacial score (nSPS) is 16.3. The Bertz CT molecular complexity index is 410. The number of anilines is 1. The third kappa shape index (κ3) is 4.99. The molecule has 0 aromatic carbocycles. The summed E-state index contributed by atoms with van der Waals surface area (Å²) in [7, 11) is 0. The van der Waals surface area contributed by atoms with Gasteiger partial charge in [0.1, 0.15) is 0 Å². The van der Waals surface area contributed by atoms with Crippen LogP contribution in [-0.4, -0.2) is 28.8 Å². The van der Waals surface area contributed by atoms with Crippen LogP contribution in [-0.2, 0) is 6.54 Å². The molecule has 0 spiro atoms. The minimum absolute atomic E-state index is 0.423. The minimum Gasteiger partial charge on any atom is -0.407 e. The van der Waals surface area contributed by atoms with E-state index in [-0.39, 0.29) is 0 Å². The summed E-state index contributed by atoms with van der Waals surface area (Å²) < 4.78 is 5.88. The molecule has 0 aliphatic heterocycles. The number of rotatable bonds is 8.